The zero-order chi connectivity index (χ0) is 20.8. The second kappa shape index (κ2) is 9.36. The minimum absolute atomic E-state index is 0.136. The quantitative estimate of drug-likeness (QED) is 0.484. The SMILES string of the molecule is CC(C)(NC(=O)[C@@H](CCCN)NC(=O)Cc1c(F)cc(F)cc1F)C(N)=O. The van der Waals surface area contributed by atoms with E-state index in [1.807, 2.05) is 0 Å². The van der Waals surface area contributed by atoms with Crippen molar-refractivity contribution in [2.24, 2.45) is 11.5 Å². The molecule has 0 aliphatic rings. The molecule has 1 aromatic rings. The maximum atomic E-state index is 13.7. The maximum absolute atomic E-state index is 13.7. The third kappa shape index (κ3) is 6.55. The number of carbonyl (C=O) groups is 3. The Morgan fingerprint density at radius 1 is 1.15 bits per heavy atom. The minimum Gasteiger partial charge on any atom is -0.368 e. The van der Waals surface area contributed by atoms with Gasteiger partial charge in [0.1, 0.15) is 29.0 Å². The Labute approximate surface area is 154 Å². The van der Waals surface area contributed by atoms with E-state index >= 15 is 0 Å². The van der Waals surface area contributed by atoms with Crippen molar-refractivity contribution in [2.75, 3.05) is 6.54 Å². The molecule has 0 spiro atoms. The van der Waals surface area contributed by atoms with Crippen molar-refractivity contribution in [1.29, 1.82) is 0 Å². The molecule has 150 valence electrons. The van der Waals surface area contributed by atoms with Gasteiger partial charge in [-0.15, -0.1) is 0 Å². The maximum Gasteiger partial charge on any atom is 0.243 e. The summed E-state index contributed by atoms with van der Waals surface area (Å²) in [5.41, 5.74) is 8.62. The van der Waals surface area contributed by atoms with E-state index in [0.717, 1.165) is 0 Å². The third-order valence-electron chi connectivity index (χ3n) is 3.84. The number of hydrogen-bond acceptors (Lipinski definition) is 4. The Balaban J connectivity index is 2.88. The van der Waals surface area contributed by atoms with Crippen molar-refractivity contribution in [3.63, 3.8) is 0 Å². The number of halogens is 3. The van der Waals surface area contributed by atoms with E-state index in [-0.39, 0.29) is 13.0 Å². The topological polar surface area (TPSA) is 127 Å². The summed E-state index contributed by atoms with van der Waals surface area (Å²) in [6, 6.07) is -0.175. The Morgan fingerprint density at radius 3 is 2.19 bits per heavy atom. The molecule has 10 heteroatoms. The number of primary amides is 1. The van der Waals surface area contributed by atoms with Crippen molar-refractivity contribution >= 4 is 17.7 Å². The van der Waals surface area contributed by atoms with Crippen LogP contribution >= 0.6 is 0 Å². The van der Waals surface area contributed by atoms with Crippen LogP contribution in [0.3, 0.4) is 0 Å². The minimum atomic E-state index is -1.36. The number of nitrogens with one attached hydrogen (secondary N) is 2. The van der Waals surface area contributed by atoms with Crippen LogP contribution in [0.25, 0.3) is 0 Å². The molecule has 0 radical (unpaired) electrons. The van der Waals surface area contributed by atoms with E-state index in [2.05, 4.69) is 10.6 Å². The van der Waals surface area contributed by atoms with E-state index in [0.29, 0.717) is 18.6 Å². The second-order valence-corrected chi connectivity index (χ2v) is 6.55. The molecule has 0 saturated carbocycles. The molecule has 27 heavy (non-hydrogen) atoms. The molecule has 0 unspecified atom stereocenters. The fraction of sp³-hybridized carbons (Fsp3) is 0.471. The van der Waals surface area contributed by atoms with Gasteiger partial charge in [-0.3, -0.25) is 14.4 Å². The zero-order valence-corrected chi connectivity index (χ0v) is 15.1. The lowest BCUT2D eigenvalue weighted by Gasteiger charge is -2.26. The standard InChI is InChI=1S/C17H23F3N4O3/c1-17(2,16(22)27)24-15(26)13(4-3-5-21)23-14(25)8-10-11(19)6-9(18)7-12(10)20/h6-7,13H,3-5,8,21H2,1-2H3,(H2,22,27)(H,23,25)(H,24,26)/t13-/m1/s1. The van der Waals surface area contributed by atoms with Gasteiger partial charge in [-0.1, -0.05) is 0 Å². The first-order chi connectivity index (χ1) is 12.5. The van der Waals surface area contributed by atoms with Crippen LogP contribution in [-0.2, 0) is 20.8 Å². The van der Waals surface area contributed by atoms with Gasteiger partial charge in [-0.25, -0.2) is 13.2 Å². The van der Waals surface area contributed by atoms with Gasteiger partial charge < -0.3 is 22.1 Å². The van der Waals surface area contributed by atoms with E-state index < -0.39 is 58.7 Å². The molecular weight excluding hydrogens is 365 g/mol. The summed E-state index contributed by atoms with van der Waals surface area (Å²) >= 11 is 0. The molecule has 1 aromatic carbocycles. The van der Waals surface area contributed by atoms with Gasteiger partial charge in [-0.05, 0) is 33.2 Å². The number of hydrogen-bond donors (Lipinski definition) is 4. The molecule has 1 rings (SSSR count). The van der Waals surface area contributed by atoms with Crippen molar-refractivity contribution in [1.82, 2.24) is 10.6 Å². The average Bonchev–Trinajstić information content (AvgIpc) is 2.54. The highest BCUT2D eigenvalue weighted by atomic mass is 19.1. The van der Waals surface area contributed by atoms with E-state index in [1.165, 1.54) is 13.8 Å². The summed E-state index contributed by atoms with van der Waals surface area (Å²) < 4.78 is 40.3. The molecule has 0 fully saturated rings. The Morgan fingerprint density at radius 2 is 1.70 bits per heavy atom. The highest BCUT2D eigenvalue weighted by Gasteiger charge is 2.31. The van der Waals surface area contributed by atoms with Crippen molar-refractivity contribution in [3.05, 3.63) is 35.1 Å². The summed E-state index contributed by atoms with van der Waals surface area (Å²) in [7, 11) is 0. The summed E-state index contributed by atoms with van der Waals surface area (Å²) in [6.07, 6.45) is -0.227. The van der Waals surface area contributed by atoms with Gasteiger partial charge in [0.2, 0.25) is 17.7 Å². The van der Waals surface area contributed by atoms with Crippen molar-refractivity contribution < 1.29 is 27.6 Å². The fourth-order valence-corrected chi connectivity index (χ4v) is 2.19. The Hall–Kier alpha value is -2.62. The molecule has 0 heterocycles. The third-order valence-corrected chi connectivity index (χ3v) is 3.84. The normalized spacial score (nSPS) is 12.4. The molecule has 0 aliphatic carbocycles. The predicted octanol–water partition coefficient (Wildman–Crippen LogP) is 0.250. The summed E-state index contributed by atoms with van der Waals surface area (Å²) in [4.78, 5) is 35.8. The molecule has 6 N–H and O–H groups in total. The van der Waals surface area contributed by atoms with E-state index in [9.17, 15) is 27.6 Å². The van der Waals surface area contributed by atoms with Crippen molar-refractivity contribution in [2.45, 2.75) is 44.7 Å². The van der Waals surface area contributed by atoms with Crippen LogP contribution in [0, 0.1) is 17.5 Å². The average molecular weight is 388 g/mol. The Bertz CT molecular complexity index is 702. The van der Waals surface area contributed by atoms with Gasteiger partial charge in [0.15, 0.2) is 0 Å². The monoisotopic (exact) mass is 388 g/mol. The summed E-state index contributed by atoms with van der Waals surface area (Å²) in [6.45, 7) is 3.01. The lowest BCUT2D eigenvalue weighted by molar-refractivity contribution is -0.133. The van der Waals surface area contributed by atoms with Gasteiger partial charge in [0.05, 0.1) is 6.42 Å². The van der Waals surface area contributed by atoms with Gasteiger partial charge in [-0.2, -0.15) is 0 Å². The second-order valence-electron chi connectivity index (χ2n) is 6.55. The fourth-order valence-electron chi connectivity index (χ4n) is 2.19. The first kappa shape index (κ1) is 22.4. The van der Waals surface area contributed by atoms with Crippen LogP contribution in [-0.4, -0.2) is 35.8 Å². The van der Waals surface area contributed by atoms with Crippen LogP contribution in [0.5, 0.6) is 0 Å². The van der Waals surface area contributed by atoms with Crippen molar-refractivity contribution in [3.8, 4) is 0 Å². The Kier molecular flexibility index (Phi) is 7.77. The molecule has 1 atom stereocenters. The molecule has 7 nitrogen and oxygen atoms in total. The largest absolute Gasteiger partial charge is 0.368 e. The molecule has 0 bridgehead atoms. The molecular formula is C17H23F3N4O3. The summed E-state index contributed by atoms with van der Waals surface area (Å²) in [5, 5.41) is 4.74. The van der Waals surface area contributed by atoms with Crippen LogP contribution in [0.2, 0.25) is 0 Å². The first-order valence-corrected chi connectivity index (χ1v) is 8.22. The number of rotatable bonds is 9. The molecule has 0 aromatic heterocycles. The number of benzene rings is 1. The number of carbonyl (C=O) groups excluding carboxylic acids is 3. The lowest BCUT2D eigenvalue weighted by atomic mass is 10.0. The number of nitrogens with two attached hydrogens (primary N) is 2. The zero-order valence-electron chi connectivity index (χ0n) is 15.1. The van der Waals surface area contributed by atoms with Gasteiger partial charge in [0, 0.05) is 17.7 Å². The first-order valence-electron chi connectivity index (χ1n) is 8.22. The van der Waals surface area contributed by atoms with Gasteiger partial charge in [0.25, 0.3) is 0 Å². The molecule has 0 saturated heterocycles. The highest BCUT2D eigenvalue weighted by molar-refractivity contribution is 5.93. The van der Waals surface area contributed by atoms with Gasteiger partial charge >= 0.3 is 0 Å². The lowest BCUT2D eigenvalue weighted by Crippen LogP contribution is -2.58. The van der Waals surface area contributed by atoms with Crippen LogP contribution in [0.15, 0.2) is 12.1 Å². The van der Waals surface area contributed by atoms with Crippen LogP contribution in [0.4, 0.5) is 13.2 Å². The summed E-state index contributed by atoms with van der Waals surface area (Å²) in [5.74, 6) is -5.85. The molecule has 3 amide bonds. The smallest absolute Gasteiger partial charge is 0.243 e. The van der Waals surface area contributed by atoms with E-state index in [1.54, 1.807) is 0 Å². The van der Waals surface area contributed by atoms with Crippen LogP contribution in [0.1, 0.15) is 32.3 Å². The molecule has 0 aliphatic heterocycles. The predicted molar refractivity (Wildman–Crippen MR) is 91.7 cm³/mol. The number of amides is 3. The van der Waals surface area contributed by atoms with Crippen LogP contribution < -0.4 is 22.1 Å². The highest BCUT2D eigenvalue weighted by Crippen LogP contribution is 2.15. The van der Waals surface area contributed by atoms with E-state index in [4.69, 9.17) is 11.5 Å².